The van der Waals surface area contributed by atoms with Crippen molar-refractivity contribution in [2.75, 3.05) is 0 Å². The lowest BCUT2D eigenvalue weighted by molar-refractivity contribution is 0.0648. The zero-order valence-corrected chi connectivity index (χ0v) is 13.8. The second-order valence-electron chi connectivity index (χ2n) is 6.13. The monoisotopic (exact) mass is 314 g/mol. The molecule has 1 fully saturated rings. The molecule has 6 heteroatoms. The van der Waals surface area contributed by atoms with Crippen LogP contribution in [-0.4, -0.2) is 31.8 Å². The Morgan fingerprint density at radius 3 is 2.82 bits per heavy atom. The first-order valence-corrected chi connectivity index (χ1v) is 8.45. The molecule has 4 rings (SSSR count). The van der Waals surface area contributed by atoms with E-state index in [0.717, 1.165) is 51.9 Å². The van der Waals surface area contributed by atoms with Crippen molar-refractivity contribution < 1.29 is 4.79 Å². The van der Waals surface area contributed by atoms with E-state index in [9.17, 15) is 4.79 Å². The van der Waals surface area contributed by atoms with Gasteiger partial charge in [0.1, 0.15) is 10.7 Å². The summed E-state index contributed by atoms with van der Waals surface area (Å²) in [4.78, 5) is 29.2. The SMILES string of the molecule is Cc1ncc2c(n1)C[C@@H]1CC[C@@H]2N1C(=O)c1sc(C)nc1C. The van der Waals surface area contributed by atoms with Gasteiger partial charge in [0.25, 0.3) is 5.91 Å². The molecule has 0 aromatic carbocycles. The highest BCUT2D eigenvalue weighted by Gasteiger charge is 2.44. The minimum Gasteiger partial charge on any atom is -0.327 e. The van der Waals surface area contributed by atoms with Crippen LogP contribution in [0, 0.1) is 20.8 Å². The summed E-state index contributed by atoms with van der Waals surface area (Å²) < 4.78 is 0. The highest BCUT2D eigenvalue weighted by Crippen LogP contribution is 2.44. The molecule has 2 aliphatic rings. The Morgan fingerprint density at radius 1 is 1.27 bits per heavy atom. The number of carbonyl (C=O) groups excluding carboxylic acids is 1. The van der Waals surface area contributed by atoms with Crippen molar-refractivity contribution in [1.82, 2.24) is 19.9 Å². The van der Waals surface area contributed by atoms with Gasteiger partial charge in [0.15, 0.2) is 0 Å². The van der Waals surface area contributed by atoms with E-state index in [1.54, 1.807) is 0 Å². The fraction of sp³-hybridized carbons (Fsp3) is 0.500. The third-order valence-corrected chi connectivity index (χ3v) is 5.70. The second kappa shape index (κ2) is 4.84. The number of thiazole rings is 1. The number of rotatable bonds is 1. The molecule has 0 radical (unpaired) electrons. The molecular weight excluding hydrogens is 296 g/mol. The van der Waals surface area contributed by atoms with E-state index in [4.69, 9.17) is 0 Å². The van der Waals surface area contributed by atoms with Crippen LogP contribution in [0.5, 0.6) is 0 Å². The van der Waals surface area contributed by atoms with Gasteiger partial charge < -0.3 is 4.90 Å². The lowest BCUT2D eigenvalue weighted by atomic mass is 9.99. The van der Waals surface area contributed by atoms with E-state index in [1.165, 1.54) is 11.3 Å². The van der Waals surface area contributed by atoms with Gasteiger partial charge in [-0.2, -0.15) is 0 Å². The van der Waals surface area contributed by atoms with Gasteiger partial charge in [-0.15, -0.1) is 11.3 Å². The number of carbonyl (C=O) groups is 1. The molecule has 5 nitrogen and oxygen atoms in total. The predicted octanol–water partition coefficient (Wildman–Crippen LogP) is 2.76. The first kappa shape index (κ1) is 13.8. The highest BCUT2D eigenvalue weighted by atomic mass is 32.1. The van der Waals surface area contributed by atoms with Crippen molar-refractivity contribution in [1.29, 1.82) is 0 Å². The third-order valence-electron chi connectivity index (χ3n) is 4.64. The molecule has 0 N–H and O–H groups in total. The Kier molecular flexibility index (Phi) is 3.04. The number of amides is 1. The summed E-state index contributed by atoms with van der Waals surface area (Å²) in [5.41, 5.74) is 3.10. The molecule has 1 amide bonds. The Labute approximate surface area is 133 Å². The van der Waals surface area contributed by atoms with Gasteiger partial charge in [0.05, 0.1) is 22.4 Å². The largest absolute Gasteiger partial charge is 0.327 e. The van der Waals surface area contributed by atoms with E-state index < -0.39 is 0 Å². The number of fused-ring (bicyclic) bond motifs is 4. The number of aromatic nitrogens is 3. The maximum absolute atomic E-state index is 13.0. The van der Waals surface area contributed by atoms with Gasteiger partial charge in [-0.3, -0.25) is 4.79 Å². The molecule has 0 saturated carbocycles. The number of aryl methyl sites for hydroxylation is 3. The summed E-state index contributed by atoms with van der Waals surface area (Å²) in [6.45, 7) is 5.79. The number of nitrogens with zero attached hydrogens (tertiary/aromatic N) is 4. The van der Waals surface area contributed by atoms with Crippen LogP contribution in [0.3, 0.4) is 0 Å². The summed E-state index contributed by atoms with van der Waals surface area (Å²) in [6.07, 6.45) is 4.81. The van der Waals surface area contributed by atoms with Crippen LogP contribution >= 0.6 is 11.3 Å². The molecule has 2 atom stereocenters. The zero-order valence-electron chi connectivity index (χ0n) is 13.0. The third kappa shape index (κ3) is 1.97. The molecule has 1 saturated heterocycles. The molecule has 0 spiro atoms. The van der Waals surface area contributed by atoms with Gasteiger partial charge >= 0.3 is 0 Å². The molecule has 2 bridgehead atoms. The lowest BCUT2D eigenvalue weighted by Crippen LogP contribution is -2.42. The Balaban J connectivity index is 1.74. The molecule has 2 aromatic rings. The van der Waals surface area contributed by atoms with Crippen molar-refractivity contribution in [3.8, 4) is 0 Å². The maximum atomic E-state index is 13.0. The first-order chi connectivity index (χ1) is 10.5. The normalized spacial score (nSPS) is 22.8. The lowest BCUT2D eigenvalue weighted by Gasteiger charge is -2.35. The van der Waals surface area contributed by atoms with Gasteiger partial charge in [0.2, 0.25) is 0 Å². The summed E-state index contributed by atoms with van der Waals surface area (Å²) in [6, 6.07) is 0.393. The van der Waals surface area contributed by atoms with Crippen LogP contribution in [0.15, 0.2) is 6.20 Å². The Bertz CT molecular complexity index is 770. The number of hydrogen-bond acceptors (Lipinski definition) is 5. The zero-order chi connectivity index (χ0) is 15.4. The Hall–Kier alpha value is -1.82. The van der Waals surface area contributed by atoms with Gasteiger partial charge in [-0.05, 0) is 33.6 Å². The van der Waals surface area contributed by atoms with E-state index in [2.05, 4.69) is 19.9 Å². The summed E-state index contributed by atoms with van der Waals surface area (Å²) in [5.74, 6) is 0.939. The summed E-state index contributed by atoms with van der Waals surface area (Å²) in [7, 11) is 0. The van der Waals surface area contributed by atoms with E-state index in [1.807, 2.05) is 27.0 Å². The van der Waals surface area contributed by atoms with Crippen molar-refractivity contribution in [3.05, 3.63) is 38.9 Å². The minimum atomic E-state index is 0.127. The van der Waals surface area contributed by atoms with Crippen LogP contribution in [0.2, 0.25) is 0 Å². The number of hydrogen-bond donors (Lipinski definition) is 0. The second-order valence-corrected chi connectivity index (χ2v) is 7.33. The average Bonchev–Trinajstić information content (AvgIpc) is 2.97. The van der Waals surface area contributed by atoms with Gasteiger partial charge in [-0.1, -0.05) is 0 Å². The van der Waals surface area contributed by atoms with Crippen LogP contribution in [0.4, 0.5) is 0 Å². The van der Waals surface area contributed by atoms with Crippen molar-refractivity contribution >= 4 is 17.2 Å². The van der Waals surface area contributed by atoms with Crippen LogP contribution in [0.25, 0.3) is 0 Å². The fourth-order valence-corrected chi connectivity index (χ4v) is 4.60. The van der Waals surface area contributed by atoms with Crippen LogP contribution in [0.1, 0.15) is 56.3 Å². The summed E-state index contributed by atoms with van der Waals surface area (Å²) >= 11 is 1.50. The average molecular weight is 314 g/mol. The molecule has 4 heterocycles. The summed E-state index contributed by atoms with van der Waals surface area (Å²) in [5, 5.41) is 0.949. The molecule has 0 aliphatic carbocycles. The molecule has 114 valence electrons. The molecular formula is C16H18N4OS. The molecule has 22 heavy (non-hydrogen) atoms. The van der Waals surface area contributed by atoms with Gasteiger partial charge in [-0.25, -0.2) is 15.0 Å². The predicted molar refractivity (Wildman–Crippen MR) is 84.0 cm³/mol. The topological polar surface area (TPSA) is 59.0 Å². The van der Waals surface area contributed by atoms with Gasteiger partial charge in [0, 0.05) is 24.2 Å². The van der Waals surface area contributed by atoms with E-state index in [0.29, 0.717) is 0 Å². The molecule has 2 aliphatic heterocycles. The molecule has 2 aromatic heterocycles. The maximum Gasteiger partial charge on any atom is 0.266 e. The highest BCUT2D eigenvalue weighted by molar-refractivity contribution is 7.13. The van der Waals surface area contributed by atoms with Crippen molar-refractivity contribution in [3.63, 3.8) is 0 Å². The van der Waals surface area contributed by atoms with E-state index in [-0.39, 0.29) is 18.0 Å². The minimum absolute atomic E-state index is 0.127. The fourth-order valence-electron chi connectivity index (χ4n) is 3.73. The van der Waals surface area contributed by atoms with Crippen molar-refractivity contribution in [2.24, 2.45) is 0 Å². The first-order valence-electron chi connectivity index (χ1n) is 7.63. The van der Waals surface area contributed by atoms with E-state index >= 15 is 0 Å². The molecule has 0 unspecified atom stereocenters. The smallest absolute Gasteiger partial charge is 0.266 e. The van der Waals surface area contributed by atoms with Crippen molar-refractivity contribution in [2.45, 2.75) is 52.1 Å². The van der Waals surface area contributed by atoms with Crippen LogP contribution < -0.4 is 0 Å². The Morgan fingerprint density at radius 2 is 2.09 bits per heavy atom. The quantitative estimate of drug-likeness (QED) is 0.812. The standard InChI is InChI=1S/C16H18N4OS/c1-8-15(22-10(3)18-8)16(21)20-11-4-5-14(20)12-7-17-9(2)19-13(12)6-11/h7,11,14H,4-6H2,1-3H3/t11-,14-/m0/s1. The van der Waals surface area contributed by atoms with Crippen LogP contribution in [-0.2, 0) is 6.42 Å².